The van der Waals surface area contributed by atoms with Crippen molar-refractivity contribution in [2.75, 3.05) is 0 Å². The van der Waals surface area contributed by atoms with E-state index in [0.717, 1.165) is 16.9 Å². The predicted molar refractivity (Wildman–Crippen MR) is 70.5 cm³/mol. The Kier molecular flexibility index (Phi) is 4.47. The average molecular weight is 319 g/mol. The number of hydrogen-bond acceptors (Lipinski definition) is 2. The standard InChI is InChI=1S/C10H10INOS/c1-3-9(7-13)6-10-8(2)4-5-12(10)14-11/h3-7H,2H2,1H3/b9-3+,10-6+. The minimum Gasteiger partial charge on any atom is -0.298 e. The van der Waals surface area contributed by atoms with Crippen molar-refractivity contribution in [2.24, 2.45) is 0 Å². The highest BCUT2D eigenvalue weighted by Crippen LogP contribution is 2.10. The molecule has 0 N–H and O–H groups in total. The Morgan fingerprint density at radius 1 is 1.71 bits per heavy atom. The second kappa shape index (κ2) is 5.41. The van der Waals surface area contributed by atoms with Crippen molar-refractivity contribution in [3.05, 3.63) is 34.5 Å². The number of aromatic nitrogens is 1. The molecule has 0 aliphatic rings. The van der Waals surface area contributed by atoms with E-state index in [1.807, 2.05) is 29.2 Å². The van der Waals surface area contributed by atoms with Crippen LogP contribution in [0.3, 0.4) is 0 Å². The molecule has 1 aromatic heterocycles. The summed E-state index contributed by atoms with van der Waals surface area (Å²) in [4.78, 5) is 10.6. The Hall–Kier alpha value is -0.490. The van der Waals surface area contributed by atoms with Gasteiger partial charge in [0, 0.05) is 42.1 Å². The number of rotatable bonds is 3. The van der Waals surface area contributed by atoms with Gasteiger partial charge in [-0.05, 0) is 24.3 Å². The highest BCUT2D eigenvalue weighted by Gasteiger charge is 1.95. The zero-order valence-corrected chi connectivity index (χ0v) is 10.7. The van der Waals surface area contributed by atoms with Crippen molar-refractivity contribution in [3.63, 3.8) is 0 Å². The lowest BCUT2D eigenvalue weighted by molar-refractivity contribution is -0.104. The lowest BCUT2D eigenvalue weighted by Crippen LogP contribution is -2.24. The SMILES string of the molecule is C=c1ccn(SI)/c1=C/C(C=O)=C\C. The van der Waals surface area contributed by atoms with E-state index in [-0.39, 0.29) is 0 Å². The monoisotopic (exact) mass is 319 g/mol. The van der Waals surface area contributed by atoms with Crippen LogP contribution in [0, 0.1) is 0 Å². The molecule has 0 saturated heterocycles. The maximum absolute atomic E-state index is 10.6. The molecule has 0 spiro atoms. The lowest BCUT2D eigenvalue weighted by atomic mass is 10.2. The highest BCUT2D eigenvalue weighted by atomic mass is 127. The van der Waals surface area contributed by atoms with Crippen LogP contribution < -0.4 is 10.6 Å². The summed E-state index contributed by atoms with van der Waals surface area (Å²) in [7, 11) is 1.55. The molecule has 1 heterocycles. The predicted octanol–water partition coefficient (Wildman–Crippen LogP) is 1.67. The maximum atomic E-state index is 10.6. The Morgan fingerprint density at radius 2 is 2.43 bits per heavy atom. The zero-order valence-electron chi connectivity index (χ0n) is 7.74. The summed E-state index contributed by atoms with van der Waals surface area (Å²) < 4.78 is 1.97. The third-order valence-electron chi connectivity index (χ3n) is 1.82. The summed E-state index contributed by atoms with van der Waals surface area (Å²) in [5.74, 6) is 0. The summed E-state index contributed by atoms with van der Waals surface area (Å²) in [6, 6.07) is 1.93. The number of allylic oxidation sites excluding steroid dienone is 2. The second-order valence-corrected chi connectivity index (χ2v) is 4.38. The van der Waals surface area contributed by atoms with Gasteiger partial charge in [-0.25, -0.2) is 0 Å². The molecule has 0 atom stereocenters. The van der Waals surface area contributed by atoms with Crippen LogP contribution in [0.2, 0.25) is 0 Å². The van der Waals surface area contributed by atoms with Gasteiger partial charge in [-0.3, -0.25) is 8.77 Å². The minimum absolute atomic E-state index is 0.667. The molecule has 14 heavy (non-hydrogen) atoms. The van der Waals surface area contributed by atoms with Gasteiger partial charge < -0.3 is 0 Å². The topological polar surface area (TPSA) is 22.0 Å². The first-order valence-electron chi connectivity index (χ1n) is 4.01. The van der Waals surface area contributed by atoms with Gasteiger partial charge in [0.1, 0.15) is 6.29 Å². The molecule has 0 fully saturated rings. The van der Waals surface area contributed by atoms with Gasteiger partial charge in [0.2, 0.25) is 0 Å². The third-order valence-corrected chi connectivity index (χ3v) is 3.56. The third kappa shape index (κ3) is 2.51. The summed E-state index contributed by atoms with van der Waals surface area (Å²) >= 11 is 2.19. The van der Waals surface area contributed by atoms with Crippen LogP contribution in [-0.4, -0.2) is 10.3 Å². The summed E-state index contributed by atoms with van der Waals surface area (Å²) in [5, 5.41) is 1.89. The molecule has 0 aliphatic heterocycles. The van der Waals surface area contributed by atoms with Gasteiger partial charge >= 0.3 is 0 Å². The lowest BCUT2D eigenvalue weighted by Gasteiger charge is -1.94. The fourth-order valence-corrected chi connectivity index (χ4v) is 2.41. The van der Waals surface area contributed by atoms with E-state index in [1.54, 1.807) is 15.2 Å². The Labute approximate surface area is 99.1 Å². The Bertz CT molecular complexity index is 461. The van der Waals surface area contributed by atoms with Crippen LogP contribution in [0.1, 0.15) is 6.92 Å². The molecule has 1 rings (SSSR count). The first kappa shape index (κ1) is 11.6. The van der Waals surface area contributed by atoms with E-state index in [4.69, 9.17) is 0 Å². The van der Waals surface area contributed by atoms with Crippen molar-refractivity contribution in [1.82, 2.24) is 3.97 Å². The second-order valence-electron chi connectivity index (χ2n) is 2.67. The summed E-state index contributed by atoms with van der Waals surface area (Å²) in [6.45, 7) is 5.74. The van der Waals surface area contributed by atoms with E-state index >= 15 is 0 Å². The first-order chi connectivity index (χ1) is 6.72. The van der Waals surface area contributed by atoms with Crippen LogP contribution in [0.25, 0.3) is 12.7 Å². The molecule has 0 aliphatic carbocycles. The van der Waals surface area contributed by atoms with E-state index in [0.29, 0.717) is 5.57 Å². The van der Waals surface area contributed by atoms with Crippen molar-refractivity contribution < 1.29 is 4.79 Å². The first-order valence-corrected chi connectivity index (χ1v) is 7.33. The zero-order chi connectivity index (χ0) is 10.6. The summed E-state index contributed by atoms with van der Waals surface area (Å²) in [5.41, 5.74) is 0.667. The highest BCUT2D eigenvalue weighted by molar-refractivity contribution is 14.2. The number of aldehydes is 1. The molecule has 0 saturated carbocycles. The van der Waals surface area contributed by atoms with Crippen molar-refractivity contribution in [2.45, 2.75) is 6.92 Å². The molecule has 0 aromatic carbocycles. The molecular weight excluding hydrogens is 309 g/mol. The quantitative estimate of drug-likeness (QED) is 0.480. The molecule has 1 aromatic rings. The average Bonchev–Trinajstić information content (AvgIpc) is 2.56. The number of hydrogen-bond donors (Lipinski definition) is 0. The Balaban J connectivity index is 3.36. The molecule has 74 valence electrons. The van der Waals surface area contributed by atoms with Gasteiger partial charge in [-0.2, -0.15) is 0 Å². The maximum Gasteiger partial charge on any atom is 0.149 e. The van der Waals surface area contributed by atoms with Crippen LogP contribution in [-0.2, 0) is 4.79 Å². The van der Waals surface area contributed by atoms with Gasteiger partial charge in [-0.1, -0.05) is 12.7 Å². The molecule has 0 amide bonds. The number of halogens is 1. The van der Waals surface area contributed by atoms with E-state index in [2.05, 4.69) is 27.8 Å². The van der Waals surface area contributed by atoms with Gasteiger partial charge in [0.25, 0.3) is 0 Å². The number of carbonyl (C=O) groups excluding carboxylic acids is 1. The van der Waals surface area contributed by atoms with Gasteiger partial charge in [0.15, 0.2) is 0 Å². The van der Waals surface area contributed by atoms with Crippen LogP contribution in [0.5, 0.6) is 0 Å². The van der Waals surface area contributed by atoms with Crippen molar-refractivity contribution in [3.8, 4) is 0 Å². The van der Waals surface area contributed by atoms with E-state index < -0.39 is 0 Å². The number of nitrogens with zero attached hydrogens (tertiary/aromatic N) is 1. The molecule has 2 nitrogen and oxygen atoms in total. The largest absolute Gasteiger partial charge is 0.298 e. The smallest absolute Gasteiger partial charge is 0.149 e. The normalized spacial score (nSPS) is 13.3. The van der Waals surface area contributed by atoms with Crippen LogP contribution in [0.4, 0.5) is 0 Å². The molecule has 0 unspecified atom stereocenters. The van der Waals surface area contributed by atoms with E-state index in [1.165, 1.54) is 0 Å². The van der Waals surface area contributed by atoms with Crippen LogP contribution in [0.15, 0.2) is 23.9 Å². The minimum atomic E-state index is 0.667. The molecule has 4 heteroatoms. The van der Waals surface area contributed by atoms with Crippen molar-refractivity contribution in [1.29, 1.82) is 0 Å². The fourth-order valence-electron chi connectivity index (χ4n) is 1.02. The fraction of sp³-hybridized carbons (Fsp3) is 0.100. The summed E-state index contributed by atoms with van der Waals surface area (Å²) in [6.07, 6.45) is 6.39. The molecular formula is C10H10INOS. The van der Waals surface area contributed by atoms with Gasteiger partial charge in [0.05, 0.1) is 5.35 Å². The van der Waals surface area contributed by atoms with Crippen molar-refractivity contribution >= 4 is 49.3 Å². The van der Waals surface area contributed by atoms with Gasteiger partial charge in [-0.15, -0.1) is 0 Å². The van der Waals surface area contributed by atoms with E-state index in [9.17, 15) is 4.79 Å². The number of carbonyl (C=O) groups is 1. The molecule has 0 radical (unpaired) electrons. The van der Waals surface area contributed by atoms with Crippen LogP contribution >= 0.6 is 30.3 Å². The molecule has 0 bridgehead atoms. The Morgan fingerprint density at radius 3 is 2.93 bits per heavy atom.